The molecule has 122 valence electrons. The Morgan fingerprint density at radius 2 is 1.74 bits per heavy atom. The summed E-state index contributed by atoms with van der Waals surface area (Å²) in [6.45, 7) is 1.87. The van der Waals surface area contributed by atoms with Crippen LogP contribution >= 0.6 is 0 Å². The Hall–Kier alpha value is -1.98. The van der Waals surface area contributed by atoms with E-state index in [-0.39, 0.29) is 17.3 Å². The normalized spacial score (nSPS) is 12.9. The lowest BCUT2D eigenvalue weighted by Crippen LogP contribution is -1.99. The van der Waals surface area contributed by atoms with Gasteiger partial charge < -0.3 is 5.11 Å². The molecule has 3 nitrogen and oxygen atoms in total. The molecule has 5 heteroatoms. The minimum atomic E-state index is -3.26. The molecule has 0 aliphatic carbocycles. The van der Waals surface area contributed by atoms with Gasteiger partial charge in [0.15, 0.2) is 9.84 Å². The number of hydrogen-bond acceptors (Lipinski definition) is 3. The smallest absolute Gasteiger partial charge is 0.175 e. The van der Waals surface area contributed by atoms with Gasteiger partial charge >= 0.3 is 0 Å². The highest BCUT2D eigenvalue weighted by atomic mass is 32.2. The number of rotatable bonds is 5. The lowest BCUT2D eigenvalue weighted by Gasteiger charge is -2.14. The SMILES string of the molecule is CC(CCO)=C(c1ccc(S(C)(=O)=O)cc1)c1cccc(F)c1. The van der Waals surface area contributed by atoms with Gasteiger partial charge in [-0.15, -0.1) is 0 Å². The van der Waals surface area contributed by atoms with Crippen LogP contribution in [0.3, 0.4) is 0 Å². The summed E-state index contributed by atoms with van der Waals surface area (Å²) < 4.78 is 36.7. The molecule has 0 spiro atoms. The largest absolute Gasteiger partial charge is 0.396 e. The fraction of sp³-hybridized carbons (Fsp3) is 0.222. The number of sulfone groups is 1. The van der Waals surface area contributed by atoms with E-state index in [1.807, 2.05) is 6.92 Å². The second kappa shape index (κ2) is 7.06. The first kappa shape index (κ1) is 17.4. The molecular formula is C18H19FO3S. The Balaban J connectivity index is 2.57. The summed E-state index contributed by atoms with van der Waals surface area (Å²) in [5.41, 5.74) is 3.20. The van der Waals surface area contributed by atoms with Gasteiger partial charge in [-0.05, 0) is 54.3 Å². The predicted octanol–water partition coefficient (Wildman–Crippen LogP) is 3.43. The third kappa shape index (κ3) is 4.27. The summed E-state index contributed by atoms with van der Waals surface area (Å²) in [5.74, 6) is -0.343. The molecule has 0 atom stereocenters. The number of aliphatic hydroxyl groups is 1. The van der Waals surface area contributed by atoms with Crippen molar-refractivity contribution < 1.29 is 17.9 Å². The van der Waals surface area contributed by atoms with Gasteiger partial charge in [0.2, 0.25) is 0 Å². The van der Waals surface area contributed by atoms with Crippen molar-refractivity contribution in [3.8, 4) is 0 Å². The highest BCUT2D eigenvalue weighted by molar-refractivity contribution is 7.90. The number of aliphatic hydroxyl groups excluding tert-OH is 1. The summed E-state index contributed by atoms with van der Waals surface area (Å²) in [6.07, 6.45) is 1.61. The summed E-state index contributed by atoms with van der Waals surface area (Å²) in [7, 11) is -3.26. The van der Waals surface area contributed by atoms with Crippen molar-refractivity contribution >= 4 is 15.4 Å². The third-order valence-corrected chi connectivity index (χ3v) is 4.73. The first-order valence-electron chi connectivity index (χ1n) is 7.20. The van der Waals surface area contributed by atoms with Crippen molar-refractivity contribution in [2.45, 2.75) is 18.2 Å². The molecule has 0 bridgehead atoms. The van der Waals surface area contributed by atoms with Gasteiger partial charge in [-0.2, -0.15) is 0 Å². The molecule has 1 N–H and O–H groups in total. The Morgan fingerprint density at radius 3 is 2.26 bits per heavy atom. The van der Waals surface area contributed by atoms with Crippen LogP contribution in [0.5, 0.6) is 0 Å². The zero-order valence-electron chi connectivity index (χ0n) is 13.1. The van der Waals surface area contributed by atoms with Gasteiger partial charge in [-0.1, -0.05) is 29.8 Å². The molecule has 0 radical (unpaired) electrons. The van der Waals surface area contributed by atoms with E-state index >= 15 is 0 Å². The molecule has 0 amide bonds. The third-order valence-electron chi connectivity index (χ3n) is 3.60. The Kier molecular flexibility index (Phi) is 5.34. The van der Waals surface area contributed by atoms with Crippen molar-refractivity contribution in [2.24, 2.45) is 0 Å². The first-order chi connectivity index (χ1) is 10.8. The molecule has 0 saturated carbocycles. The maximum atomic E-state index is 13.6. The molecule has 0 fully saturated rings. The van der Waals surface area contributed by atoms with Crippen LogP contribution in [0.2, 0.25) is 0 Å². The van der Waals surface area contributed by atoms with Crippen LogP contribution in [-0.2, 0) is 9.84 Å². The summed E-state index contributed by atoms with van der Waals surface area (Å²) in [4.78, 5) is 0.236. The number of halogens is 1. The topological polar surface area (TPSA) is 54.4 Å². The highest BCUT2D eigenvalue weighted by Gasteiger charge is 2.12. The molecule has 0 aliphatic heterocycles. The van der Waals surface area contributed by atoms with Crippen LogP contribution in [0.1, 0.15) is 24.5 Å². The average molecular weight is 334 g/mol. The minimum Gasteiger partial charge on any atom is -0.396 e. The fourth-order valence-electron chi connectivity index (χ4n) is 2.46. The lowest BCUT2D eigenvalue weighted by molar-refractivity contribution is 0.299. The predicted molar refractivity (Wildman–Crippen MR) is 89.4 cm³/mol. The van der Waals surface area contributed by atoms with Crippen LogP contribution in [-0.4, -0.2) is 26.4 Å². The molecule has 0 heterocycles. The molecule has 0 unspecified atom stereocenters. The maximum absolute atomic E-state index is 13.6. The van der Waals surface area contributed by atoms with Crippen molar-refractivity contribution in [1.82, 2.24) is 0 Å². The molecule has 0 aliphatic rings. The van der Waals surface area contributed by atoms with Crippen molar-refractivity contribution in [3.63, 3.8) is 0 Å². The maximum Gasteiger partial charge on any atom is 0.175 e. The van der Waals surface area contributed by atoms with Gasteiger partial charge in [-0.25, -0.2) is 12.8 Å². The van der Waals surface area contributed by atoms with E-state index in [4.69, 9.17) is 0 Å². The average Bonchev–Trinajstić information content (AvgIpc) is 2.47. The molecule has 2 rings (SSSR count). The quantitative estimate of drug-likeness (QED) is 0.911. The van der Waals surface area contributed by atoms with Gasteiger partial charge in [0.25, 0.3) is 0 Å². The Morgan fingerprint density at radius 1 is 1.09 bits per heavy atom. The van der Waals surface area contributed by atoms with E-state index in [1.54, 1.807) is 24.3 Å². The second-order valence-electron chi connectivity index (χ2n) is 5.44. The molecule has 2 aromatic carbocycles. The van der Waals surface area contributed by atoms with Gasteiger partial charge in [0.05, 0.1) is 4.90 Å². The van der Waals surface area contributed by atoms with Crippen molar-refractivity contribution in [3.05, 3.63) is 71.0 Å². The molecule has 23 heavy (non-hydrogen) atoms. The van der Waals surface area contributed by atoms with Gasteiger partial charge in [0, 0.05) is 12.9 Å². The Bertz CT molecular complexity index is 822. The standard InChI is InChI=1S/C18H19FO3S/c1-13(10-11-20)18(15-4-3-5-16(19)12-15)14-6-8-17(9-7-14)23(2,21)22/h3-9,12,20H,10-11H2,1-2H3. The van der Waals surface area contributed by atoms with Crippen LogP contribution < -0.4 is 0 Å². The van der Waals surface area contributed by atoms with Crippen LogP contribution in [0.25, 0.3) is 5.57 Å². The van der Waals surface area contributed by atoms with Crippen LogP contribution in [0, 0.1) is 5.82 Å². The monoisotopic (exact) mass is 334 g/mol. The summed E-state index contributed by atoms with van der Waals surface area (Å²) in [5, 5.41) is 9.20. The van der Waals surface area contributed by atoms with E-state index in [2.05, 4.69) is 0 Å². The number of benzene rings is 2. The van der Waals surface area contributed by atoms with Crippen LogP contribution in [0.15, 0.2) is 59.0 Å². The fourth-order valence-corrected chi connectivity index (χ4v) is 3.10. The minimum absolute atomic E-state index is 0.00787. The molecular weight excluding hydrogens is 315 g/mol. The Labute approximate surface area is 136 Å². The number of hydrogen-bond donors (Lipinski definition) is 1. The molecule has 0 aromatic heterocycles. The van der Waals surface area contributed by atoms with E-state index in [0.29, 0.717) is 12.0 Å². The van der Waals surface area contributed by atoms with E-state index in [0.717, 1.165) is 23.0 Å². The highest BCUT2D eigenvalue weighted by Crippen LogP contribution is 2.29. The second-order valence-corrected chi connectivity index (χ2v) is 7.45. The molecule has 0 saturated heterocycles. The van der Waals surface area contributed by atoms with E-state index < -0.39 is 9.84 Å². The van der Waals surface area contributed by atoms with E-state index in [1.165, 1.54) is 24.3 Å². The molecule has 2 aromatic rings. The van der Waals surface area contributed by atoms with Crippen molar-refractivity contribution in [1.29, 1.82) is 0 Å². The van der Waals surface area contributed by atoms with Crippen LogP contribution in [0.4, 0.5) is 4.39 Å². The van der Waals surface area contributed by atoms with Crippen molar-refractivity contribution in [2.75, 3.05) is 12.9 Å². The summed E-state index contributed by atoms with van der Waals surface area (Å²) in [6, 6.07) is 12.7. The zero-order chi connectivity index (χ0) is 17.0. The first-order valence-corrected chi connectivity index (χ1v) is 9.09. The van der Waals surface area contributed by atoms with E-state index in [9.17, 15) is 17.9 Å². The summed E-state index contributed by atoms with van der Waals surface area (Å²) >= 11 is 0. The van der Waals surface area contributed by atoms with Gasteiger partial charge in [-0.3, -0.25) is 0 Å². The zero-order valence-corrected chi connectivity index (χ0v) is 13.9. The van der Waals surface area contributed by atoms with Gasteiger partial charge in [0.1, 0.15) is 5.82 Å². The lowest BCUT2D eigenvalue weighted by atomic mass is 9.92.